The molecule has 0 aliphatic rings. The van der Waals surface area contributed by atoms with Crippen molar-refractivity contribution in [2.75, 3.05) is 20.0 Å². The lowest BCUT2D eigenvalue weighted by molar-refractivity contribution is 0.0597. The van der Waals surface area contributed by atoms with E-state index in [4.69, 9.17) is 10.5 Å². The average molecular weight is 199 g/mol. The van der Waals surface area contributed by atoms with Crippen molar-refractivity contribution in [2.24, 2.45) is 0 Å². The van der Waals surface area contributed by atoms with E-state index in [-0.39, 0.29) is 17.0 Å². The molecule has 5 heteroatoms. The Morgan fingerprint density at radius 2 is 2.07 bits per heavy atom. The predicted molar refractivity (Wildman–Crippen MR) is 48.7 cm³/mol. The molecular weight excluding hydrogens is 189 g/mol. The number of ether oxygens (including phenoxy) is 2. The van der Waals surface area contributed by atoms with Gasteiger partial charge >= 0.3 is 5.97 Å². The Bertz CT molecular complexity index is 342. The van der Waals surface area contributed by atoms with Crippen LogP contribution in [0.1, 0.15) is 10.4 Å². The minimum Gasteiger partial charge on any atom is -0.497 e. The van der Waals surface area contributed by atoms with E-state index in [1.807, 2.05) is 0 Å². The van der Waals surface area contributed by atoms with E-state index in [1.54, 1.807) is 0 Å². The number of carbonyl (C=O) groups is 1. The fourth-order valence-corrected chi connectivity index (χ4v) is 1.04. The molecule has 1 rings (SSSR count). The average Bonchev–Trinajstić information content (AvgIpc) is 2.16. The second-order valence-corrected chi connectivity index (χ2v) is 2.57. The highest BCUT2D eigenvalue weighted by Crippen LogP contribution is 2.23. The van der Waals surface area contributed by atoms with Crippen molar-refractivity contribution >= 4 is 11.7 Å². The first-order valence-corrected chi connectivity index (χ1v) is 3.81. The van der Waals surface area contributed by atoms with E-state index in [9.17, 15) is 9.18 Å². The molecule has 2 N–H and O–H groups in total. The van der Waals surface area contributed by atoms with Crippen molar-refractivity contribution in [2.45, 2.75) is 0 Å². The number of nitrogen functional groups attached to an aromatic ring is 1. The van der Waals surface area contributed by atoms with Gasteiger partial charge in [0.2, 0.25) is 0 Å². The molecule has 0 heterocycles. The van der Waals surface area contributed by atoms with Gasteiger partial charge in [0.1, 0.15) is 17.1 Å². The Kier molecular flexibility index (Phi) is 2.91. The van der Waals surface area contributed by atoms with Gasteiger partial charge in [-0.25, -0.2) is 9.18 Å². The molecule has 0 atom stereocenters. The summed E-state index contributed by atoms with van der Waals surface area (Å²) in [6.45, 7) is 0. The van der Waals surface area contributed by atoms with Crippen LogP contribution >= 0.6 is 0 Å². The number of hydrogen-bond donors (Lipinski definition) is 1. The fourth-order valence-electron chi connectivity index (χ4n) is 1.04. The Balaban J connectivity index is 3.25. The third kappa shape index (κ3) is 1.76. The van der Waals surface area contributed by atoms with Crippen LogP contribution in [0.15, 0.2) is 12.1 Å². The summed E-state index contributed by atoms with van der Waals surface area (Å²) in [5, 5.41) is 0. The highest BCUT2D eigenvalue weighted by Gasteiger charge is 2.17. The molecule has 4 nitrogen and oxygen atoms in total. The second kappa shape index (κ2) is 3.95. The molecule has 0 spiro atoms. The van der Waals surface area contributed by atoms with Crippen LogP contribution in [0.4, 0.5) is 10.1 Å². The van der Waals surface area contributed by atoms with E-state index < -0.39 is 11.8 Å². The van der Waals surface area contributed by atoms with Crippen LogP contribution in [-0.2, 0) is 4.74 Å². The molecule has 0 aromatic heterocycles. The molecule has 0 saturated carbocycles. The standard InChI is InChI=1S/C9H10FNO3/c1-13-5-3-6(10)8(7(11)4-5)9(12)14-2/h3-4H,11H2,1-2H3. The summed E-state index contributed by atoms with van der Waals surface area (Å²) in [6.07, 6.45) is 0. The molecule has 0 unspecified atom stereocenters. The Hall–Kier alpha value is -1.78. The fraction of sp³-hybridized carbons (Fsp3) is 0.222. The highest BCUT2D eigenvalue weighted by atomic mass is 19.1. The Labute approximate surface area is 80.4 Å². The number of anilines is 1. The van der Waals surface area contributed by atoms with Crippen LogP contribution in [0.25, 0.3) is 0 Å². The first kappa shape index (κ1) is 10.3. The lowest BCUT2D eigenvalue weighted by Crippen LogP contribution is -2.08. The number of esters is 1. The van der Waals surface area contributed by atoms with Crippen molar-refractivity contribution in [1.29, 1.82) is 0 Å². The number of hydrogen-bond acceptors (Lipinski definition) is 4. The van der Waals surface area contributed by atoms with Crippen LogP contribution in [-0.4, -0.2) is 20.2 Å². The summed E-state index contributed by atoms with van der Waals surface area (Å²) >= 11 is 0. The molecule has 1 aromatic carbocycles. The number of halogens is 1. The van der Waals surface area contributed by atoms with Crippen molar-refractivity contribution in [3.63, 3.8) is 0 Å². The van der Waals surface area contributed by atoms with E-state index in [0.717, 1.165) is 13.2 Å². The van der Waals surface area contributed by atoms with Crippen molar-refractivity contribution in [3.05, 3.63) is 23.5 Å². The molecule has 0 fully saturated rings. The van der Waals surface area contributed by atoms with Crippen LogP contribution in [0.5, 0.6) is 5.75 Å². The van der Waals surface area contributed by atoms with Crippen molar-refractivity contribution in [1.82, 2.24) is 0 Å². The topological polar surface area (TPSA) is 61.5 Å². The van der Waals surface area contributed by atoms with Crippen molar-refractivity contribution in [3.8, 4) is 5.75 Å². The third-order valence-corrected chi connectivity index (χ3v) is 1.72. The largest absolute Gasteiger partial charge is 0.497 e. The Morgan fingerprint density at radius 3 is 2.50 bits per heavy atom. The SMILES string of the molecule is COC(=O)c1c(N)cc(OC)cc1F. The molecule has 0 aliphatic heterocycles. The van der Waals surface area contributed by atoms with Gasteiger partial charge in [0, 0.05) is 12.1 Å². The van der Waals surface area contributed by atoms with Gasteiger partial charge in [0.05, 0.1) is 19.9 Å². The van der Waals surface area contributed by atoms with E-state index in [2.05, 4.69) is 4.74 Å². The summed E-state index contributed by atoms with van der Waals surface area (Å²) in [6, 6.07) is 2.43. The minimum atomic E-state index is -0.803. The summed E-state index contributed by atoms with van der Waals surface area (Å²) in [4.78, 5) is 11.1. The zero-order valence-electron chi connectivity index (χ0n) is 7.83. The van der Waals surface area contributed by atoms with Gasteiger partial charge in [0.15, 0.2) is 0 Å². The van der Waals surface area contributed by atoms with Gasteiger partial charge in [-0.05, 0) is 0 Å². The van der Waals surface area contributed by atoms with Crippen LogP contribution in [0, 0.1) is 5.82 Å². The van der Waals surface area contributed by atoms with Gasteiger partial charge in [-0.1, -0.05) is 0 Å². The molecule has 0 bridgehead atoms. The minimum absolute atomic E-state index is 0.00583. The van der Waals surface area contributed by atoms with Gasteiger partial charge in [-0.3, -0.25) is 0 Å². The maximum Gasteiger partial charge on any atom is 0.342 e. The van der Waals surface area contributed by atoms with Gasteiger partial charge in [0.25, 0.3) is 0 Å². The van der Waals surface area contributed by atoms with Crippen LogP contribution < -0.4 is 10.5 Å². The van der Waals surface area contributed by atoms with E-state index in [1.165, 1.54) is 13.2 Å². The smallest absolute Gasteiger partial charge is 0.342 e. The van der Waals surface area contributed by atoms with Crippen LogP contribution in [0.2, 0.25) is 0 Å². The first-order chi connectivity index (χ1) is 6.60. The lowest BCUT2D eigenvalue weighted by atomic mass is 10.1. The molecule has 0 aliphatic carbocycles. The van der Waals surface area contributed by atoms with E-state index >= 15 is 0 Å². The molecule has 0 amide bonds. The van der Waals surface area contributed by atoms with E-state index in [0.29, 0.717) is 0 Å². The van der Waals surface area contributed by atoms with Crippen LogP contribution in [0.3, 0.4) is 0 Å². The summed E-state index contributed by atoms with van der Waals surface area (Å²) in [5.41, 5.74) is 5.18. The maximum absolute atomic E-state index is 13.3. The normalized spacial score (nSPS) is 9.64. The molecular formula is C9H10FNO3. The molecule has 1 aromatic rings. The zero-order chi connectivity index (χ0) is 10.7. The number of nitrogens with two attached hydrogens (primary N) is 1. The number of carbonyl (C=O) groups excluding carboxylic acids is 1. The van der Waals surface area contributed by atoms with Gasteiger partial charge < -0.3 is 15.2 Å². The quantitative estimate of drug-likeness (QED) is 0.574. The Morgan fingerprint density at radius 1 is 1.43 bits per heavy atom. The van der Waals surface area contributed by atoms with Gasteiger partial charge in [-0.2, -0.15) is 0 Å². The predicted octanol–water partition coefficient (Wildman–Crippen LogP) is 1.20. The molecule has 0 saturated heterocycles. The van der Waals surface area contributed by atoms with Crippen molar-refractivity contribution < 1.29 is 18.7 Å². The highest BCUT2D eigenvalue weighted by molar-refractivity contribution is 5.95. The monoisotopic (exact) mass is 199 g/mol. The molecule has 14 heavy (non-hydrogen) atoms. The first-order valence-electron chi connectivity index (χ1n) is 3.81. The second-order valence-electron chi connectivity index (χ2n) is 2.57. The zero-order valence-corrected chi connectivity index (χ0v) is 7.83. The molecule has 76 valence electrons. The molecule has 0 radical (unpaired) electrons. The summed E-state index contributed by atoms with van der Waals surface area (Å²) in [5.74, 6) is -1.30. The number of methoxy groups -OCH3 is 2. The number of rotatable bonds is 2. The number of benzene rings is 1. The summed E-state index contributed by atoms with van der Waals surface area (Å²) < 4.78 is 22.4. The lowest BCUT2D eigenvalue weighted by Gasteiger charge is -2.07. The maximum atomic E-state index is 13.3. The van der Waals surface area contributed by atoms with Gasteiger partial charge in [-0.15, -0.1) is 0 Å². The summed E-state index contributed by atoms with van der Waals surface area (Å²) in [7, 11) is 2.54. The third-order valence-electron chi connectivity index (χ3n) is 1.72.